The minimum atomic E-state index is -3.34. The maximum Gasteiger partial charge on any atom is 0.260 e. The summed E-state index contributed by atoms with van der Waals surface area (Å²) in [5.41, 5.74) is 0. The summed E-state index contributed by atoms with van der Waals surface area (Å²) in [5.74, 6) is 0.380. The van der Waals surface area contributed by atoms with Gasteiger partial charge in [0.1, 0.15) is 5.85 Å². The van der Waals surface area contributed by atoms with Crippen molar-refractivity contribution in [2.75, 3.05) is 0 Å². The topological polar surface area (TPSA) is 46.5 Å². The number of hydrogen-bond acceptors (Lipinski definition) is 3. The minimum Gasteiger partial charge on any atom is -0.382 e. The van der Waals surface area contributed by atoms with Crippen LogP contribution >= 0.6 is 7.37 Å². The van der Waals surface area contributed by atoms with E-state index in [9.17, 15) is 9.67 Å². The molecular weight excluding hydrogens is 319 g/mol. The Hall–Kier alpha value is -0.630. The van der Waals surface area contributed by atoms with Gasteiger partial charge in [-0.3, -0.25) is 4.57 Å². The van der Waals surface area contributed by atoms with Crippen LogP contribution in [0.5, 0.6) is 0 Å². The molecule has 0 spiro atoms. The number of aliphatic hydroxyl groups excluding tert-OH is 1. The van der Waals surface area contributed by atoms with E-state index in [0.29, 0.717) is 23.1 Å². The fraction of sp³-hybridized carbons (Fsp3) is 0.700. The summed E-state index contributed by atoms with van der Waals surface area (Å²) in [7, 11) is -3.34. The van der Waals surface area contributed by atoms with Gasteiger partial charge < -0.3 is 9.63 Å². The highest BCUT2D eigenvalue weighted by Crippen LogP contribution is 2.55. The number of aliphatic hydroxyl groups is 1. The van der Waals surface area contributed by atoms with Crippen molar-refractivity contribution in [2.45, 2.75) is 65.8 Å². The van der Waals surface area contributed by atoms with Gasteiger partial charge in [0.05, 0.1) is 6.10 Å². The van der Waals surface area contributed by atoms with Gasteiger partial charge in [0.15, 0.2) is 0 Å². The molecule has 1 saturated carbocycles. The fourth-order valence-electron chi connectivity index (χ4n) is 3.74. The van der Waals surface area contributed by atoms with Crippen LogP contribution in [-0.2, 0) is 9.09 Å². The zero-order chi connectivity index (χ0) is 17.9. The molecule has 2 rings (SSSR count). The standard InChI is InChI=1S/C20H33O3P/c1-14(2)18-12-11-16(5)13-19(18)23-24(22,20(21)15(3)4)17-9-7-6-8-10-17/h6-10,14-16,18-21H,11-13H2,1-5H3/t16-,18+,19-,20+,24?/m1/s1. The van der Waals surface area contributed by atoms with Gasteiger partial charge in [-0.1, -0.05) is 59.2 Å². The molecule has 0 radical (unpaired) electrons. The van der Waals surface area contributed by atoms with E-state index in [0.717, 1.165) is 12.8 Å². The Morgan fingerprint density at radius 1 is 1.12 bits per heavy atom. The Kier molecular flexibility index (Phi) is 6.70. The summed E-state index contributed by atoms with van der Waals surface area (Å²) >= 11 is 0. The summed E-state index contributed by atoms with van der Waals surface area (Å²) in [4.78, 5) is 0. The molecule has 0 aromatic heterocycles. The lowest BCUT2D eigenvalue weighted by molar-refractivity contribution is 0.0400. The summed E-state index contributed by atoms with van der Waals surface area (Å²) < 4.78 is 20.2. The Morgan fingerprint density at radius 2 is 1.75 bits per heavy atom. The maximum absolute atomic E-state index is 13.8. The van der Waals surface area contributed by atoms with E-state index in [2.05, 4.69) is 20.8 Å². The lowest BCUT2D eigenvalue weighted by Crippen LogP contribution is -2.36. The monoisotopic (exact) mass is 352 g/mol. The largest absolute Gasteiger partial charge is 0.382 e. The first-order valence-electron chi connectivity index (χ1n) is 9.27. The molecule has 1 N–H and O–H groups in total. The number of benzene rings is 1. The summed E-state index contributed by atoms with van der Waals surface area (Å²) in [6, 6.07) is 9.27. The molecule has 1 aromatic carbocycles. The molecule has 1 fully saturated rings. The Labute approximate surface area is 147 Å². The number of rotatable bonds is 6. The van der Waals surface area contributed by atoms with E-state index in [1.165, 1.54) is 6.42 Å². The highest BCUT2D eigenvalue weighted by atomic mass is 31.2. The second-order valence-electron chi connectivity index (χ2n) is 8.06. The van der Waals surface area contributed by atoms with Gasteiger partial charge in [0, 0.05) is 5.30 Å². The van der Waals surface area contributed by atoms with E-state index in [1.807, 2.05) is 44.2 Å². The molecule has 24 heavy (non-hydrogen) atoms. The van der Waals surface area contributed by atoms with E-state index in [-0.39, 0.29) is 12.0 Å². The zero-order valence-electron chi connectivity index (χ0n) is 15.7. The molecule has 136 valence electrons. The highest BCUT2D eigenvalue weighted by Gasteiger charge is 2.42. The third kappa shape index (κ3) is 4.31. The highest BCUT2D eigenvalue weighted by molar-refractivity contribution is 7.67. The van der Waals surface area contributed by atoms with Crippen LogP contribution in [0.3, 0.4) is 0 Å². The van der Waals surface area contributed by atoms with Crippen LogP contribution in [0.4, 0.5) is 0 Å². The smallest absolute Gasteiger partial charge is 0.260 e. The van der Waals surface area contributed by atoms with E-state index >= 15 is 0 Å². The first kappa shape index (κ1) is 19.7. The SMILES string of the molecule is CC(C)[C@@H](O)P(=O)(O[C@@H]1C[C@H](C)CC[C@H]1C(C)C)c1ccccc1. The summed E-state index contributed by atoms with van der Waals surface area (Å²) in [6.45, 7) is 10.5. The van der Waals surface area contributed by atoms with Crippen molar-refractivity contribution >= 4 is 12.7 Å². The second-order valence-corrected chi connectivity index (χ2v) is 10.5. The summed E-state index contributed by atoms with van der Waals surface area (Å²) in [6.07, 6.45) is 3.18. The van der Waals surface area contributed by atoms with Gasteiger partial charge in [0.2, 0.25) is 0 Å². The molecule has 3 nitrogen and oxygen atoms in total. The van der Waals surface area contributed by atoms with Crippen LogP contribution in [0.25, 0.3) is 0 Å². The third-order valence-electron chi connectivity index (χ3n) is 5.31. The van der Waals surface area contributed by atoms with Gasteiger partial charge in [-0.05, 0) is 48.6 Å². The normalized spacial score (nSPS) is 28.8. The first-order chi connectivity index (χ1) is 11.3. The third-order valence-corrected chi connectivity index (χ3v) is 8.21. The van der Waals surface area contributed by atoms with Gasteiger partial charge in [0.25, 0.3) is 7.37 Å². The molecule has 1 unspecified atom stereocenters. The van der Waals surface area contributed by atoms with Crippen molar-refractivity contribution in [1.29, 1.82) is 0 Å². The Bertz CT molecular complexity index is 555. The van der Waals surface area contributed by atoms with Gasteiger partial charge in [-0.15, -0.1) is 0 Å². The molecule has 0 saturated heterocycles. The molecular formula is C20H33O3P. The van der Waals surface area contributed by atoms with Crippen LogP contribution < -0.4 is 5.30 Å². The van der Waals surface area contributed by atoms with Crippen molar-refractivity contribution in [2.24, 2.45) is 23.7 Å². The average Bonchev–Trinajstić information content (AvgIpc) is 2.54. The van der Waals surface area contributed by atoms with E-state index in [4.69, 9.17) is 4.52 Å². The quantitative estimate of drug-likeness (QED) is 0.730. The Morgan fingerprint density at radius 3 is 2.29 bits per heavy atom. The van der Waals surface area contributed by atoms with Crippen LogP contribution in [0, 0.1) is 23.7 Å². The fourth-order valence-corrected chi connectivity index (χ4v) is 6.31. The van der Waals surface area contributed by atoms with Crippen LogP contribution in [0.1, 0.15) is 53.9 Å². The maximum atomic E-state index is 13.8. The predicted octanol–water partition coefficient (Wildman–Crippen LogP) is 5.04. The molecule has 0 heterocycles. The van der Waals surface area contributed by atoms with Gasteiger partial charge in [-0.2, -0.15) is 0 Å². The van der Waals surface area contributed by atoms with Gasteiger partial charge in [-0.25, -0.2) is 0 Å². The zero-order valence-corrected chi connectivity index (χ0v) is 16.6. The van der Waals surface area contributed by atoms with Crippen molar-refractivity contribution in [3.05, 3.63) is 30.3 Å². The van der Waals surface area contributed by atoms with Crippen LogP contribution in [-0.4, -0.2) is 17.1 Å². The average molecular weight is 352 g/mol. The van der Waals surface area contributed by atoms with E-state index < -0.39 is 13.2 Å². The molecule has 1 aliphatic rings. The second kappa shape index (κ2) is 8.17. The molecule has 0 amide bonds. The van der Waals surface area contributed by atoms with Crippen molar-refractivity contribution in [1.82, 2.24) is 0 Å². The number of hydrogen-bond donors (Lipinski definition) is 1. The van der Waals surface area contributed by atoms with Crippen molar-refractivity contribution in [3.8, 4) is 0 Å². The van der Waals surface area contributed by atoms with Crippen molar-refractivity contribution < 1.29 is 14.2 Å². The molecule has 4 heteroatoms. The van der Waals surface area contributed by atoms with Gasteiger partial charge >= 0.3 is 0 Å². The first-order valence-corrected chi connectivity index (χ1v) is 11.0. The minimum absolute atomic E-state index is 0.0480. The van der Waals surface area contributed by atoms with Crippen LogP contribution in [0.15, 0.2) is 30.3 Å². The predicted molar refractivity (Wildman–Crippen MR) is 101 cm³/mol. The molecule has 0 bridgehead atoms. The molecule has 0 aliphatic heterocycles. The Balaban J connectivity index is 2.35. The van der Waals surface area contributed by atoms with Crippen LogP contribution in [0.2, 0.25) is 0 Å². The van der Waals surface area contributed by atoms with E-state index in [1.54, 1.807) is 0 Å². The van der Waals surface area contributed by atoms with Crippen molar-refractivity contribution in [3.63, 3.8) is 0 Å². The molecule has 1 aromatic rings. The lowest BCUT2D eigenvalue weighted by Gasteiger charge is -2.40. The molecule has 1 aliphatic carbocycles. The lowest BCUT2D eigenvalue weighted by atomic mass is 9.75. The molecule has 5 atom stereocenters. The summed E-state index contributed by atoms with van der Waals surface area (Å²) in [5, 5.41) is 11.4.